The van der Waals surface area contributed by atoms with Crippen LogP contribution in [0.5, 0.6) is 5.75 Å². The van der Waals surface area contributed by atoms with Gasteiger partial charge in [-0.15, -0.1) is 0 Å². The Hall–Kier alpha value is -3.87. The summed E-state index contributed by atoms with van der Waals surface area (Å²) in [6, 6.07) is 17.1. The molecule has 0 aliphatic heterocycles. The number of aromatic nitrogens is 2. The number of nitrogens with zero attached hydrogens (tertiary/aromatic N) is 2. The van der Waals surface area contributed by atoms with Crippen LogP contribution in [-0.4, -0.2) is 36.1 Å². The molecule has 1 amide bonds. The standard InChI is InChI=1S/C25H25FN4O2/c1-4-30(5-2)22-15-20-19(27-24(28-20)16-10-12-17(26)13-11-16)14-21(22)29-25(31)18-8-6-7-9-23(18)32-3/h6-15H,4-5H2,1-3H3,(H,27,28)(H,29,31). The Kier molecular flexibility index (Phi) is 6.07. The third kappa shape index (κ3) is 4.14. The van der Waals surface area contributed by atoms with E-state index in [1.807, 2.05) is 18.2 Å². The van der Waals surface area contributed by atoms with Crippen molar-refractivity contribution in [1.29, 1.82) is 0 Å². The molecule has 4 rings (SSSR count). The molecule has 1 heterocycles. The number of H-pyrrole nitrogens is 1. The van der Waals surface area contributed by atoms with Crippen molar-refractivity contribution in [3.8, 4) is 17.1 Å². The van der Waals surface area contributed by atoms with Crippen molar-refractivity contribution in [1.82, 2.24) is 9.97 Å². The predicted octanol–water partition coefficient (Wildman–Crippen LogP) is 5.48. The number of nitrogens with one attached hydrogen (secondary N) is 2. The van der Waals surface area contributed by atoms with Gasteiger partial charge in [0.15, 0.2) is 0 Å². The molecule has 0 fully saturated rings. The van der Waals surface area contributed by atoms with E-state index in [2.05, 4.69) is 34.0 Å². The van der Waals surface area contributed by atoms with Crippen LogP contribution in [0, 0.1) is 5.82 Å². The lowest BCUT2D eigenvalue weighted by molar-refractivity contribution is 0.102. The zero-order valence-electron chi connectivity index (χ0n) is 18.3. The summed E-state index contributed by atoms with van der Waals surface area (Å²) in [5.41, 5.74) is 4.33. The fourth-order valence-corrected chi connectivity index (χ4v) is 3.74. The number of amides is 1. The molecule has 2 N–H and O–H groups in total. The quantitative estimate of drug-likeness (QED) is 0.406. The van der Waals surface area contributed by atoms with Gasteiger partial charge in [-0.25, -0.2) is 9.37 Å². The van der Waals surface area contributed by atoms with Crippen molar-refractivity contribution < 1.29 is 13.9 Å². The molecule has 0 radical (unpaired) electrons. The first-order valence-electron chi connectivity index (χ1n) is 10.5. The largest absolute Gasteiger partial charge is 0.496 e. The van der Waals surface area contributed by atoms with E-state index < -0.39 is 0 Å². The summed E-state index contributed by atoms with van der Waals surface area (Å²) >= 11 is 0. The number of anilines is 2. The highest BCUT2D eigenvalue weighted by atomic mass is 19.1. The third-order valence-electron chi connectivity index (χ3n) is 5.42. The van der Waals surface area contributed by atoms with Crippen LogP contribution in [0.3, 0.4) is 0 Å². The summed E-state index contributed by atoms with van der Waals surface area (Å²) < 4.78 is 18.6. The highest BCUT2D eigenvalue weighted by molar-refractivity contribution is 6.09. The molecule has 0 bridgehead atoms. The van der Waals surface area contributed by atoms with Gasteiger partial charge in [0, 0.05) is 18.7 Å². The molecule has 4 aromatic rings. The summed E-state index contributed by atoms with van der Waals surface area (Å²) in [4.78, 5) is 23.2. The lowest BCUT2D eigenvalue weighted by Crippen LogP contribution is -2.24. The van der Waals surface area contributed by atoms with Crippen LogP contribution in [0.15, 0.2) is 60.7 Å². The Morgan fingerprint density at radius 3 is 2.50 bits per heavy atom. The zero-order valence-corrected chi connectivity index (χ0v) is 18.3. The molecule has 0 saturated heterocycles. The van der Waals surface area contributed by atoms with Crippen LogP contribution in [0.25, 0.3) is 22.4 Å². The number of benzene rings is 3. The summed E-state index contributed by atoms with van der Waals surface area (Å²) in [5, 5.41) is 3.04. The van der Waals surface area contributed by atoms with E-state index >= 15 is 0 Å². The van der Waals surface area contributed by atoms with Gasteiger partial charge in [-0.2, -0.15) is 0 Å². The van der Waals surface area contributed by atoms with Gasteiger partial charge >= 0.3 is 0 Å². The molecule has 3 aromatic carbocycles. The van der Waals surface area contributed by atoms with Crippen molar-refractivity contribution >= 4 is 28.3 Å². The van der Waals surface area contributed by atoms with Gasteiger partial charge in [-0.05, 0) is 62.4 Å². The number of rotatable bonds is 7. The van der Waals surface area contributed by atoms with Crippen molar-refractivity contribution in [2.45, 2.75) is 13.8 Å². The number of halogens is 1. The minimum atomic E-state index is -0.296. The second-order valence-corrected chi connectivity index (χ2v) is 7.31. The fourth-order valence-electron chi connectivity index (χ4n) is 3.74. The molecule has 0 atom stereocenters. The maximum absolute atomic E-state index is 13.3. The third-order valence-corrected chi connectivity index (χ3v) is 5.42. The molecule has 0 aliphatic rings. The minimum Gasteiger partial charge on any atom is -0.496 e. The molecule has 6 nitrogen and oxygen atoms in total. The molecule has 0 spiro atoms. The first-order valence-corrected chi connectivity index (χ1v) is 10.5. The first kappa shape index (κ1) is 21.4. The molecule has 1 aromatic heterocycles. The number of hydrogen-bond donors (Lipinski definition) is 2. The molecule has 0 saturated carbocycles. The van der Waals surface area contributed by atoms with Gasteiger partial charge < -0.3 is 19.9 Å². The van der Waals surface area contributed by atoms with E-state index in [9.17, 15) is 9.18 Å². The van der Waals surface area contributed by atoms with Crippen LogP contribution in [-0.2, 0) is 0 Å². The number of aromatic amines is 1. The molecule has 164 valence electrons. The highest BCUT2D eigenvalue weighted by Gasteiger charge is 2.18. The Balaban J connectivity index is 1.77. The fraction of sp³-hybridized carbons (Fsp3) is 0.200. The Bertz CT molecular complexity index is 1250. The van der Waals surface area contributed by atoms with Gasteiger partial charge in [0.1, 0.15) is 17.4 Å². The Morgan fingerprint density at radius 2 is 1.81 bits per heavy atom. The van der Waals surface area contributed by atoms with Crippen molar-refractivity contribution in [2.24, 2.45) is 0 Å². The van der Waals surface area contributed by atoms with Crippen LogP contribution in [0.4, 0.5) is 15.8 Å². The smallest absolute Gasteiger partial charge is 0.259 e. The summed E-state index contributed by atoms with van der Waals surface area (Å²) in [6.07, 6.45) is 0. The first-order chi connectivity index (χ1) is 15.5. The molecule has 0 aliphatic carbocycles. The number of hydrogen-bond acceptors (Lipinski definition) is 4. The molecule has 0 unspecified atom stereocenters. The minimum absolute atomic E-state index is 0.260. The number of carbonyl (C=O) groups excluding carboxylic acids is 1. The summed E-state index contributed by atoms with van der Waals surface area (Å²) in [6.45, 7) is 5.68. The number of methoxy groups -OCH3 is 1. The van der Waals surface area contributed by atoms with Gasteiger partial charge in [0.05, 0.1) is 35.1 Å². The van der Waals surface area contributed by atoms with Crippen molar-refractivity contribution in [3.63, 3.8) is 0 Å². The van der Waals surface area contributed by atoms with E-state index in [0.717, 1.165) is 29.9 Å². The monoisotopic (exact) mass is 432 g/mol. The average Bonchev–Trinajstić information content (AvgIpc) is 3.23. The van der Waals surface area contributed by atoms with Crippen molar-refractivity contribution in [3.05, 3.63) is 72.0 Å². The van der Waals surface area contributed by atoms with E-state index in [1.54, 1.807) is 37.4 Å². The number of ether oxygens (including phenoxy) is 1. The van der Waals surface area contributed by atoms with E-state index in [4.69, 9.17) is 4.74 Å². The zero-order chi connectivity index (χ0) is 22.7. The second-order valence-electron chi connectivity index (χ2n) is 7.31. The predicted molar refractivity (Wildman–Crippen MR) is 126 cm³/mol. The van der Waals surface area contributed by atoms with E-state index in [0.29, 0.717) is 28.3 Å². The Labute approximate surface area is 186 Å². The van der Waals surface area contributed by atoms with Gasteiger partial charge in [0.2, 0.25) is 0 Å². The van der Waals surface area contributed by atoms with E-state index in [-0.39, 0.29) is 11.7 Å². The SMILES string of the molecule is CCN(CC)c1cc2[nH]c(-c3ccc(F)cc3)nc2cc1NC(=O)c1ccccc1OC. The number of para-hydroxylation sites is 1. The van der Waals surface area contributed by atoms with Crippen LogP contribution < -0.4 is 15.0 Å². The molecular formula is C25H25FN4O2. The lowest BCUT2D eigenvalue weighted by Gasteiger charge is -2.24. The highest BCUT2D eigenvalue weighted by Crippen LogP contribution is 2.33. The maximum atomic E-state index is 13.3. The second kappa shape index (κ2) is 9.09. The topological polar surface area (TPSA) is 70.2 Å². The summed E-state index contributed by atoms with van der Waals surface area (Å²) in [7, 11) is 1.54. The molecule has 32 heavy (non-hydrogen) atoms. The van der Waals surface area contributed by atoms with Crippen LogP contribution in [0.1, 0.15) is 24.2 Å². The van der Waals surface area contributed by atoms with Gasteiger partial charge in [-0.3, -0.25) is 4.79 Å². The average molecular weight is 432 g/mol. The number of carbonyl (C=O) groups is 1. The molecule has 7 heteroatoms. The normalized spacial score (nSPS) is 10.9. The van der Waals surface area contributed by atoms with Crippen LogP contribution in [0.2, 0.25) is 0 Å². The van der Waals surface area contributed by atoms with Gasteiger partial charge in [0.25, 0.3) is 5.91 Å². The van der Waals surface area contributed by atoms with E-state index in [1.165, 1.54) is 12.1 Å². The lowest BCUT2D eigenvalue weighted by atomic mass is 10.1. The Morgan fingerprint density at radius 1 is 1.09 bits per heavy atom. The summed E-state index contributed by atoms with van der Waals surface area (Å²) in [5.74, 6) is 0.590. The van der Waals surface area contributed by atoms with Crippen LogP contribution >= 0.6 is 0 Å². The molecular weight excluding hydrogens is 407 g/mol. The van der Waals surface area contributed by atoms with Crippen molar-refractivity contribution in [2.75, 3.05) is 30.4 Å². The maximum Gasteiger partial charge on any atom is 0.259 e. The number of fused-ring (bicyclic) bond motifs is 1. The number of imidazole rings is 1. The van der Waals surface area contributed by atoms with Gasteiger partial charge in [-0.1, -0.05) is 12.1 Å².